The van der Waals surface area contributed by atoms with Gasteiger partial charge in [-0.05, 0) is 23.4 Å². The molecule has 2 heterocycles. The number of nitrogens with zero attached hydrogens (tertiary/aromatic N) is 1. The topological polar surface area (TPSA) is 45.8 Å². The van der Waals surface area contributed by atoms with E-state index < -0.39 is 0 Å². The molecule has 0 spiro atoms. The highest BCUT2D eigenvalue weighted by Gasteiger charge is 2.01. The summed E-state index contributed by atoms with van der Waals surface area (Å²) in [5.41, 5.74) is 1.98. The van der Waals surface area contributed by atoms with Crippen LogP contribution >= 0.6 is 11.3 Å². The number of hydrogen-bond acceptors (Lipinski definition) is 3. The Bertz CT molecular complexity index is 466. The highest BCUT2D eigenvalue weighted by atomic mass is 32.1. The first kappa shape index (κ1) is 9.15. The maximum absolute atomic E-state index is 10.8. The van der Waals surface area contributed by atoms with E-state index >= 15 is 0 Å². The Labute approximate surface area is 85.5 Å². The highest BCUT2D eigenvalue weighted by molar-refractivity contribution is 7.13. The van der Waals surface area contributed by atoms with Crippen molar-refractivity contribution in [2.24, 2.45) is 0 Å². The molecule has 0 fully saturated rings. The van der Waals surface area contributed by atoms with E-state index in [9.17, 15) is 4.79 Å². The summed E-state index contributed by atoms with van der Waals surface area (Å²) in [4.78, 5) is 18.1. The largest absolute Gasteiger partial charge is 0.344 e. The number of thiophene rings is 1. The minimum atomic E-state index is -0.305. The molecule has 72 valence electrons. The van der Waals surface area contributed by atoms with Crippen molar-refractivity contribution in [2.75, 3.05) is 0 Å². The van der Waals surface area contributed by atoms with E-state index in [-0.39, 0.29) is 5.69 Å². The van der Waals surface area contributed by atoms with Gasteiger partial charge in [0.15, 0.2) is 0 Å². The SMILES string of the molecule is CCc1csc(-c2cnc(=O)[nH]c2)c1. The summed E-state index contributed by atoms with van der Waals surface area (Å²) in [5.74, 6) is 0. The molecule has 14 heavy (non-hydrogen) atoms. The molecule has 0 amide bonds. The first-order valence-electron chi connectivity index (χ1n) is 4.42. The number of hydrogen-bond donors (Lipinski definition) is 1. The minimum Gasteiger partial charge on any atom is -0.312 e. The molecule has 0 aliphatic rings. The molecule has 0 aliphatic carbocycles. The molecule has 3 nitrogen and oxygen atoms in total. The van der Waals surface area contributed by atoms with Crippen LogP contribution in [0.15, 0.2) is 28.6 Å². The van der Waals surface area contributed by atoms with Crippen LogP contribution in [0.2, 0.25) is 0 Å². The second-order valence-corrected chi connectivity index (χ2v) is 3.89. The van der Waals surface area contributed by atoms with Crippen molar-refractivity contribution in [3.8, 4) is 10.4 Å². The van der Waals surface area contributed by atoms with E-state index in [4.69, 9.17) is 0 Å². The van der Waals surface area contributed by atoms with Crippen molar-refractivity contribution >= 4 is 11.3 Å². The van der Waals surface area contributed by atoms with Crippen LogP contribution in [0.5, 0.6) is 0 Å². The second kappa shape index (κ2) is 3.75. The fourth-order valence-electron chi connectivity index (χ4n) is 1.19. The molecule has 0 saturated heterocycles. The summed E-state index contributed by atoms with van der Waals surface area (Å²) in [5, 5.41) is 2.13. The Kier molecular flexibility index (Phi) is 2.45. The van der Waals surface area contributed by atoms with E-state index in [0.29, 0.717) is 0 Å². The van der Waals surface area contributed by atoms with Crippen LogP contribution in [-0.2, 0) is 6.42 Å². The van der Waals surface area contributed by atoms with E-state index in [1.54, 1.807) is 23.7 Å². The molecule has 1 N–H and O–H groups in total. The van der Waals surface area contributed by atoms with Crippen molar-refractivity contribution in [3.63, 3.8) is 0 Å². The molecular weight excluding hydrogens is 196 g/mol. The molecule has 2 aromatic rings. The predicted molar refractivity (Wildman–Crippen MR) is 57.5 cm³/mol. The predicted octanol–water partition coefficient (Wildman–Crippen LogP) is 2.06. The summed E-state index contributed by atoms with van der Waals surface area (Å²) in [6.07, 6.45) is 4.33. The summed E-state index contributed by atoms with van der Waals surface area (Å²) >= 11 is 1.67. The molecule has 0 unspecified atom stereocenters. The maximum Gasteiger partial charge on any atom is 0.344 e. The number of aryl methyl sites for hydroxylation is 1. The van der Waals surface area contributed by atoms with E-state index in [1.165, 1.54) is 5.56 Å². The van der Waals surface area contributed by atoms with Crippen molar-refractivity contribution in [2.45, 2.75) is 13.3 Å². The number of aromatic amines is 1. The average molecular weight is 206 g/mol. The highest BCUT2D eigenvalue weighted by Crippen LogP contribution is 2.25. The van der Waals surface area contributed by atoms with Gasteiger partial charge in [-0.2, -0.15) is 0 Å². The van der Waals surface area contributed by atoms with Gasteiger partial charge in [0.25, 0.3) is 0 Å². The summed E-state index contributed by atoms with van der Waals surface area (Å²) in [7, 11) is 0. The van der Waals surface area contributed by atoms with Gasteiger partial charge < -0.3 is 4.98 Å². The molecule has 2 rings (SSSR count). The lowest BCUT2D eigenvalue weighted by atomic mass is 10.2. The number of rotatable bonds is 2. The van der Waals surface area contributed by atoms with Gasteiger partial charge in [0.1, 0.15) is 0 Å². The van der Waals surface area contributed by atoms with Crippen LogP contribution in [-0.4, -0.2) is 9.97 Å². The monoisotopic (exact) mass is 206 g/mol. The zero-order chi connectivity index (χ0) is 9.97. The molecule has 0 atom stereocenters. The van der Waals surface area contributed by atoms with Crippen molar-refractivity contribution in [1.29, 1.82) is 0 Å². The normalized spacial score (nSPS) is 10.4. The minimum absolute atomic E-state index is 0.305. The quantitative estimate of drug-likeness (QED) is 0.817. The third-order valence-electron chi connectivity index (χ3n) is 2.02. The number of H-pyrrole nitrogens is 1. The Morgan fingerprint density at radius 2 is 2.43 bits per heavy atom. The molecule has 4 heteroatoms. The lowest BCUT2D eigenvalue weighted by Gasteiger charge is -1.93. The smallest absolute Gasteiger partial charge is 0.312 e. The van der Waals surface area contributed by atoms with E-state index in [2.05, 4.69) is 28.3 Å². The second-order valence-electron chi connectivity index (χ2n) is 2.98. The maximum atomic E-state index is 10.8. The molecule has 0 radical (unpaired) electrons. The van der Waals surface area contributed by atoms with Crippen LogP contribution in [0.25, 0.3) is 10.4 Å². The van der Waals surface area contributed by atoms with Gasteiger partial charge in [-0.3, -0.25) is 0 Å². The van der Waals surface area contributed by atoms with E-state index in [1.807, 2.05) is 0 Å². The lowest BCUT2D eigenvalue weighted by Crippen LogP contribution is -2.07. The zero-order valence-corrected chi connectivity index (χ0v) is 8.60. The molecule has 2 aromatic heterocycles. The Balaban J connectivity index is 2.39. The van der Waals surface area contributed by atoms with Gasteiger partial charge in [-0.1, -0.05) is 6.92 Å². The van der Waals surface area contributed by atoms with E-state index in [0.717, 1.165) is 16.9 Å². The molecule has 0 bridgehead atoms. The molecular formula is C10H10N2OS. The Morgan fingerprint density at radius 3 is 3.00 bits per heavy atom. The summed E-state index contributed by atoms with van der Waals surface area (Å²) in [6.45, 7) is 2.12. The van der Waals surface area contributed by atoms with Gasteiger partial charge in [-0.15, -0.1) is 11.3 Å². The van der Waals surface area contributed by atoms with Crippen LogP contribution in [0.3, 0.4) is 0 Å². The van der Waals surface area contributed by atoms with Gasteiger partial charge >= 0.3 is 5.69 Å². The van der Waals surface area contributed by atoms with Crippen molar-refractivity contribution in [3.05, 3.63) is 39.9 Å². The zero-order valence-electron chi connectivity index (χ0n) is 7.78. The number of nitrogens with one attached hydrogen (secondary N) is 1. The van der Waals surface area contributed by atoms with Crippen LogP contribution in [0, 0.1) is 0 Å². The van der Waals surface area contributed by atoms with Crippen LogP contribution in [0.1, 0.15) is 12.5 Å². The fourth-order valence-corrected chi connectivity index (χ4v) is 2.17. The van der Waals surface area contributed by atoms with Gasteiger partial charge in [-0.25, -0.2) is 9.78 Å². The van der Waals surface area contributed by atoms with Crippen LogP contribution < -0.4 is 5.69 Å². The standard InChI is InChI=1S/C10H10N2OS/c1-2-7-3-9(14-6-7)8-4-11-10(13)12-5-8/h3-6H,2H2,1H3,(H,11,12,13). The summed E-state index contributed by atoms with van der Waals surface area (Å²) < 4.78 is 0. The van der Waals surface area contributed by atoms with Crippen LogP contribution in [0.4, 0.5) is 0 Å². The Hall–Kier alpha value is -1.42. The molecule has 0 aliphatic heterocycles. The lowest BCUT2D eigenvalue weighted by molar-refractivity contribution is 1.08. The molecule has 0 aromatic carbocycles. The fraction of sp³-hybridized carbons (Fsp3) is 0.200. The first-order chi connectivity index (χ1) is 6.79. The average Bonchev–Trinajstić information content (AvgIpc) is 2.67. The Morgan fingerprint density at radius 1 is 1.57 bits per heavy atom. The third-order valence-corrected chi connectivity index (χ3v) is 3.05. The summed E-state index contributed by atoms with van der Waals surface area (Å²) in [6, 6.07) is 2.12. The molecule has 0 saturated carbocycles. The first-order valence-corrected chi connectivity index (χ1v) is 5.30. The van der Waals surface area contributed by atoms with Gasteiger partial charge in [0.2, 0.25) is 0 Å². The van der Waals surface area contributed by atoms with Crippen molar-refractivity contribution < 1.29 is 0 Å². The third kappa shape index (κ3) is 1.75. The van der Waals surface area contributed by atoms with Gasteiger partial charge in [0.05, 0.1) is 0 Å². The number of aromatic nitrogens is 2. The van der Waals surface area contributed by atoms with Crippen molar-refractivity contribution in [1.82, 2.24) is 9.97 Å². The van der Waals surface area contributed by atoms with Gasteiger partial charge in [0, 0.05) is 22.8 Å².